The van der Waals surface area contributed by atoms with Crippen LogP contribution in [-0.4, -0.2) is 29.7 Å². The molecule has 1 atom stereocenters. The maximum Gasteiger partial charge on any atom is 0.134 e. The molecule has 1 unspecified atom stereocenters. The van der Waals surface area contributed by atoms with Gasteiger partial charge in [0.15, 0.2) is 0 Å². The van der Waals surface area contributed by atoms with Crippen LogP contribution in [0.4, 0.5) is 5.82 Å². The van der Waals surface area contributed by atoms with Crippen molar-refractivity contribution in [2.45, 2.75) is 19.8 Å². The number of hydrogen-bond donors (Lipinski definition) is 2. The quantitative estimate of drug-likeness (QED) is 0.893. The standard InChI is InChI=1S/C15H20N4O/c1-15(5-2-6-17-8-15)9-20-11-3-4-12-13(7-11)18-10-19-14(12)16/h3-4,7,10,17H,2,5-6,8-9H2,1H3,(H2,16,18,19). The molecule has 2 aromatic rings. The number of anilines is 1. The molecule has 0 radical (unpaired) electrons. The van der Waals surface area contributed by atoms with E-state index in [0.717, 1.165) is 29.7 Å². The molecule has 1 aliphatic heterocycles. The molecule has 106 valence electrons. The lowest BCUT2D eigenvalue weighted by Crippen LogP contribution is -2.41. The normalized spacial score (nSPS) is 22.9. The Morgan fingerprint density at radius 2 is 2.30 bits per heavy atom. The molecule has 3 N–H and O–H groups in total. The van der Waals surface area contributed by atoms with E-state index < -0.39 is 0 Å². The van der Waals surface area contributed by atoms with Crippen LogP contribution in [0.1, 0.15) is 19.8 Å². The number of piperidine rings is 1. The lowest BCUT2D eigenvalue weighted by atomic mass is 9.84. The number of benzene rings is 1. The molecule has 2 heterocycles. The average molecular weight is 272 g/mol. The van der Waals surface area contributed by atoms with Crippen LogP contribution in [0.3, 0.4) is 0 Å². The number of aromatic nitrogens is 2. The Balaban J connectivity index is 1.74. The molecular weight excluding hydrogens is 252 g/mol. The second kappa shape index (κ2) is 5.25. The summed E-state index contributed by atoms with van der Waals surface area (Å²) in [6, 6.07) is 5.77. The number of fused-ring (bicyclic) bond motifs is 1. The first-order chi connectivity index (χ1) is 9.66. The summed E-state index contributed by atoms with van der Waals surface area (Å²) >= 11 is 0. The summed E-state index contributed by atoms with van der Waals surface area (Å²) < 4.78 is 5.96. The topological polar surface area (TPSA) is 73.1 Å². The van der Waals surface area contributed by atoms with E-state index in [1.807, 2.05) is 18.2 Å². The van der Waals surface area contributed by atoms with Crippen LogP contribution in [0.2, 0.25) is 0 Å². The van der Waals surface area contributed by atoms with E-state index in [4.69, 9.17) is 10.5 Å². The summed E-state index contributed by atoms with van der Waals surface area (Å²) in [6.07, 6.45) is 3.89. The van der Waals surface area contributed by atoms with Crippen molar-refractivity contribution in [3.63, 3.8) is 0 Å². The van der Waals surface area contributed by atoms with Gasteiger partial charge in [-0.05, 0) is 31.5 Å². The van der Waals surface area contributed by atoms with Crippen LogP contribution in [0.15, 0.2) is 24.5 Å². The Hall–Kier alpha value is -1.88. The van der Waals surface area contributed by atoms with E-state index in [2.05, 4.69) is 22.2 Å². The van der Waals surface area contributed by atoms with Crippen molar-refractivity contribution in [1.29, 1.82) is 0 Å². The van der Waals surface area contributed by atoms with Crippen LogP contribution in [0.25, 0.3) is 10.9 Å². The molecule has 1 aliphatic rings. The molecular formula is C15H20N4O. The fraction of sp³-hybridized carbons (Fsp3) is 0.467. The van der Waals surface area contributed by atoms with Gasteiger partial charge in [0.25, 0.3) is 0 Å². The molecule has 5 heteroatoms. The van der Waals surface area contributed by atoms with Gasteiger partial charge in [-0.2, -0.15) is 0 Å². The fourth-order valence-electron chi connectivity index (χ4n) is 2.65. The van der Waals surface area contributed by atoms with Crippen molar-refractivity contribution in [2.24, 2.45) is 5.41 Å². The molecule has 0 bridgehead atoms. The molecule has 1 saturated heterocycles. The summed E-state index contributed by atoms with van der Waals surface area (Å²) in [5, 5.41) is 4.30. The van der Waals surface area contributed by atoms with Crippen molar-refractivity contribution >= 4 is 16.7 Å². The highest BCUT2D eigenvalue weighted by Gasteiger charge is 2.27. The molecule has 3 rings (SSSR count). The predicted molar refractivity (Wildman–Crippen MR) is 79.7 cm³/mol. The minimum Gasteiger partial charge on any atom is -0.493 e. The van der Waals surface area contributed by atoms with Crippen molar-refractivity contribution in [3.05, 3.63) is 24.5 Å². The number of nitrogens with one attached hydrogen (secondary N) is 1. The highest BCUT2D eigenvalue weighted by Crippen LogP contribution is 2.28. The SMILES string of the molecule is CC1(COc2ccc3c(N)ncnc3c2)CCCNC1. The zero-order valence-corrected chi connectivity index (χ0v) is 11.7. The van der Waals surface area contributed by atoms with E-state index in [9.17, 15) is 0 Å². The summed E-state index contributed by atoms with van der Waals surface area (Å²) in [5.41, 5.74) is 6.85. The maximum absolute atomic E-state index is 5.96. The summed E-state index contributed by atoms with van der Waals surface area (Å²) in [5.74, 6) is 1.34. The Morgan fingerprint density at radius 1 is 1.40 bits per heavy atom. The van der Waals surface area contributed by atoms with Gasteiger partial charge in [0.2, 0.25) is 0 Å². The number of hydrogen-bond acceptors (Lipinski definition) is 5. The monoisotopic (exact) mass is 272 g/mol. The lowest BCUT2D eigenvalue weighted by Gasteiger charge is -2.33. The second-order valence-corrected chi connectivity index (χ2v) is 5.82. The number of rotatable bonds is 3. The summed E-state index contributed by atoms with van der Waals surface area (Å²) in [7, 11) is 0. The Labute approximate surface area is 118 Å². The number of nitrogens with two attached hydrogens (primary N) is 1. The Morgan fingerprint density at radius 3 is 3.10 bits per heavy atom. The van der Waals surface area contributed by atoms with E-state index in [1.54, 1.807) is 0 Å². The molecule has 20 heavy (non-hydrogen) atoms. The number of nitrogens with zero attached hydrogens (tertiary/aromatic N) is 2. The lowest BCUT2D eigenvalue weighted by molar-refractivity contribution is 0.129. The van der Waals surface area contributed by atoms with Gasteiger partial charge in [-0.15, -0.1) is 0 Å². The summed E-state index contributed by atoms with van der Waals surface area (Å²) in [4.78, 5) is 8.22. The molecule has 0 aliphatic carbocycles. The Kier molecular flexibility index (Phi) is 3.44. The summed E-state index contributed by atoms with van der Waals surface area (Å²) in [6.45, 7) is 5.10. The van der Waals surface area contributed by atoms with Gasteiger partial charge in [0.05, 0.1) is 12.1 Å². The van der Waals surface area contributed by atoms with Crippen LogP contribution >= 0.6 is 0 Å². The average Bonchev–Trinajstić information content (AvgIpc) is 2.46. The van der Waals surface area contributed by atoms with Crippen LogP contribution in [0, 0.1) is 5.41 Å². The Bertz CT molecular complexity index is 608. The zero-order valence-electron chi connectivity index (χ0n) is 11.7. The van der Waals surface area contributed by atoms with Gasteiger partial charge in [-0.1, -0.05) is 6.92 Å². The van der Waals surface area contributed by atoms with Gasteiger partial charge in [-0.3, -0.25) is 0 Å². The molecule has 1 fully saturated rings. The van der Waals surface area contributed by atoms with Crippen molar-refractivity contribution in [2.75, 3.05) is 25.4 Å². The van der Waals surface area contributed by atoms with E-state index in [-0.39, 0.29) is 5.41 Å². The molecule has 5 nitrogen and oxygen atoms in total. The number of nitrogen functional groups attached to an aromatic ring is 1. The molecule has 1 aromatic carbocycles. The third kappa shape index (κ3) is 2.67. The van der Waals surface area contributed by atoms with Gasteiger partial charge in [0, 0.05) is 23.4 Å². The molecule has 0 spiro atoms. The van der Waals surface area contributed by atoms with Crippen molar-refractivity contribution in [1.82, 2.24) is 15.3 Å². The van der Waals surface area contributed by atoms with Gasteiger partial charge >= 0.3 is 0 Å². The molecule has 0 saturated carbocycles. The molecule has 0 amide bonds. The maximum atomic E-state index is 5.96. The van der Waals surface area contributed by atoms with E-state index in [0.29, 0.717) is 12.4 Å². The van der Waals surface area contributed by atoms with Crippen molar-refractivity contribution < 1.29 is 4.74 Å². The van der Waals surface area contributed by atoms with E-state index >= 15 is 0 Å². The smallest absolute Gasteiger partial charge is 0.134 e. The van der Waals surface area contributed by atoms with E-state index in [1.165, 1.54) is 19.2 Å². The van der Waals surface area contributed by atoms with Crippen LogP contribution in [0.5, 0.6) is 5.75 Å². The van der Waals surface area contributed by atoms with Gasteiger partial charge in [-0.25, -0.2) is 9.97 Å². The first-order valence-corrected chi connectivity index (χ1v) is 7.00. The van der Waals surface area contributed by atoms with Gasteiger partial charge in [0.1, 0.15) is 17.9 Å². The third-order valence-corrected chi connectivity index (χ3v) is 3.91. The first kappa shape index (κ1) is 13.1. The van der Waals surface area contributed by atoms with Gasteiger partial charge < -0.3 is 15.8 Å². The minimum atomic E-state index is 0.206. The predicted octanol–water partition coefficient (Wildman–Crippen LogP) is 1.98. The highest BCUT2D eigenvalue weighted by atomic mass is 16.5. The second-order valence-electron chi connectivity index (χ2n) is 5.82. The first-order valence-electron chi connectivity index (χ1n) is 7.00. The molecule has 1 aromatic heterocycles. The van der Waals surface area contributed by atoms with Crippen LogP contribution in [-0.2, 0) is 0 Å². The van der Waals surface area contributed by atoms with Crippen LogP contribution < -0.4 is 15.8 Å². The largest absolute Gasteiger partial charge is 0.493 e. The minimum absolute atomic E-state index is 0.206. The number of ether oxygens (including phenoxy) is 1. The zero-order chi connectivity index (χ0) is 14.0. The van der Waals surface area contributed by atoms with Crippen molar-refractivity contribution in [3.8, 4) is 5.75 Å². The third-order valence-electron chi connectivity index (χ3n) is 3.91. The fourth-order valence-corrected chi connectivity index (χ4v) is 2.65. The highest BCUT2D eigenvalue weighted by molar-refractivity contribution is 5.88.